The summed E-state index contributed by atoms with van der Waals surface area (Å²) in [5.74, 6) is 0. The normalized spacial score (nSPS) is 12.3. The van der Waals surface area contributed by atoms with Crippen LogP contribution in [0.1, 0.15) is 79.0 Å². The Labute approximate surface area is 688 Å². The van der Waals surface area contributed by atoms with Crippen molar-refractivity contribution in [2.75, 3.05) is 15.1 Å². The average Bonchev–Trinajstić information content (AvgIpc) is 1.53. The Morgan fingerprint density at radius 1 is 0.233 bits per heavy atom. The van der Waals surface area contributed by atoms with Crippen LogP contribution in [0, 0.1) is 0 Å². The van der Waals surface area contributed by atoms with Gasteiger partial charge in [-0.1, -0.05) is 337 Å². The molecule has 5 aromatic heterocycles. The number of benzene rings is 17. The maximum Gasteiger partial charge on any atom is 0.159 e. The zero-order valence-electron chi connectivity index (χ0n) is 65.8. The Hall–Kier alpha value is -12.9. The highest BCUT2D eigenvalue weighted by atomic mass is 79.9. The Balaban J connectivity index is 0.000000148. The van der Waals surface area contributed by atoms with Gasteiger partial charge in [0.25, 0.3) is 0 Å². The maximum absolute atomic E-state index is 7.27. The summed E-state index contributed by atoms with van der Waals surface area (Å²) >= 11 is 7.34. The summed E-state index contributed by atoms with van der Waals surface area (Å²) in [6, 6.07) is 113. The molecule has 22 aromatic rings. The molecule has 0 fully saturated rings. The van der Waals surface area contributed by atoms with E-state index in [9.17, 15) is 0 Å². The molecule has 0 aliphatic rings. The van der Waals surface area contributed by atoms with Gasteiger partial charge in [0.05, 0.1) is 28.4 Å². The van der Waals surface area contributed by atoms with E-state index in [1.54, 1.807) is 0 Å². The molecule has 5 heterocycles. The summed E-state index contributed by atoms with van der Waals surface area (Å²) in [5.41, 5.74) is 20.3. The Bertz CT molecular complexity index is 7290. The molecular formula is C106H81Br2N3O5. The third kappa shape index (κ3) is 12.1. The maximum atomic E-state index is 7.27. The van der Waals surface area contributed by atoms with E-state index >= 15 is 0 Å². The Kier molecular flexibility index (Phi) is 17.4. The highest BCUT2D eigenvalue weighted by molar-refractivity contribution is 9.11. The van der Waals surface area contributed by atoms with Crippen LogP contribution >= 0.6 is 31.9 Å². The molecule has 0 spiro atoms. The first-order chi connectivity index (χ1) is 56.3. The van der Waals surface area contributed by atoms with Crippen LogP contribution in [0.2, 0.25) is 0 Å². The molecule has 564 valence electrons. The standard InChI is InChI=1S/C64H50N2O3.C22H21NO.C20H10Br2O/c1-63(2,3)49-33-17-29-45-47-31-19-35-51(61(47)68-59(45)49)65(39-21-9-7-10-22-39)53-37-55-57(43-27-15-13-25-41(43)53)58-44-28-16-14-26-42(44)54(38-56(58)67-55)66(40-23-11-8-12-24-40)52-36-20-32-48-46-30-18-34-50(64(4,5)6)60(46)69-62(48)52;1-22(2,3)18-13-7-11-16-17-12-8-14-19(21(17)24-20(16)18)23-15-9-5-4-6-10-15;21-15-9-17-19(13-7-3-1-5-11(13)15)20-14-8-4-2-6-12(14)16(22)10-18(20)23-17/h7-38H,1-6H3;4-14,23H,1-3H3;1-10H. The lowest BCUT2D eigenvalue weighted by Crippen LogP contribution is -2.11. The van der Waals surface area contributed by atoms with Gasteiger partial charge in [0.15, 0.2) is 16.7 Å². The van der Waals surface area contributed by atoms with E-state index in [0.29, 0.717) is 0 Å². The zero-order chi connectivity index (χ0) is 79.0. The lowest BCUT2D eigenvalue weighted by atomic mass is 9.86. The summed E-state index contributed by atoms with van der Waals surface area (Å²) < 4.78 is 36.0. The van der Waals surface area contributed by atoms with Crippen LogP contribution in [-0.2, 0) is 16.2 Å². The first-order valence-corrected chi connectivity index (χ1v) is 41.2. The lowest BCUT2D eigenvalue weighted by molar-refractivity contribution is 0.572. The molecule has 0 amide bonds. The third-order valence-corrected chi connectivity index (χ3v) is 24.1. The van der Waals surface area contributed by atoms with Crippen molar-refractivity contribution in [2.24, 2.45) is 0 Å². The average molecular weight is 1640 g/mol. The van der Waals surface area contributed by atoms with Gasteiger partial charge < -0.3 is 37.2 Å². The van der Waals surface area contributed by atoms with Crippen LogP contribution < -0.4 is 15.1 Å². The van der Waals surface area contributed by atoms with Crippen LogP contribution in [0.4, 0.5) is 45.5 Å². The minimum absolute atomic E-state index is 0.0421. The smallest absolute Gasteiger partial charge is 0.159 e. The summed E-state index contributed by atoms with van der Waals surface area (Å²) in [7, 11) is 0. The first kappa shape index (κ1) is 72.1. The molecule has 22 rings (SSSR count). The molecule has 0 aliphatic carbocycles. The van der Waals surface area contributed by atoms with Gasteiger partial charge in [0.2, 0.25) is 0 Å². The summed E-state index contributed by atoms with van der Waals surface area (Å²) in [4.78, 5) is 4.69. The first-order valence-electron chi connectivity index (χ1n) is 39.6. The molecule has 10 heteroatoms. The van der Waals surface area contributed by atoms with Crippen molar-refractivity contribution in [1.29, 1.82) is 0 Å². The third-order valence-electron chi connectivity index (χ3n) is 22.8. The van der Waals surface area contributed by atoms with Crippen LogP contribution in [-0.4, -0.2) is 0 Å². The van der Waals surface area contributed by atoms with Gasteiger partial charge in [-0.15, -0.1) is 0 Å². The number of rotatable bonds is 8. The number of fused-ring (bicyclic) bond motifs is 23. The van der Waals surface area contributed by atoms with Gasteiger partial charge in [-0.3, -0.25) is 0 Å². The van der Waals surface area contributed by atoms with E-state index in [0.717, 1.165) is 170 Å². The fraction of sp³-hybridized carbons (Fsp3) is 0.113. The number of furan rings is 5. The van der Waals surface area contributed by atoms with Crippen molar-refractivity contribution < 1.29 is 22.1 Å². The molecule has 0 atom stereocenters. The predicted molar refractivity (Wildman–Crippen MR) is 496 cm³/mol. The molecular weight excluding hydrogens is 1550 g/mol. The van der Waals surface area contributed by atoms with Gasteiger partial charge in [-0.25, -0.2) is 0 Å². The highest BCUT2D eigenvalue weighted by Crippen LogP contribution is 2.54. The van der Waals surface area contributed by atoms with E-state index < -0.39 is 0 Å². The number of anilines is 8. The molecule has 116 heavy (non-hydrogen) atoms. The van der Waals surface area contributed by atoms with Crippen LogP contribution in [0.3, 0.4) is 0 Å². The second kappa shape index (κ2) is 28.0. The number of halogens is 2. The van der Waals surface area contributed by atoms with Crippen LogP contribution in [0.15, 0.2) is 353 Å². The van der Waals surface area contributed by atoms with Crippen molar-refractivity contribution in [3.8, 4) is 0 Å². The number of nitrogens with one attached hydrogen (secondary N) is 1. The van der Waals surface area contributed by atoms with Crippen LogP contribution in [0.5, 0.6) is 0 Å². The molecule has 17 aromatic carbocycles. The topological polar surface area (TPSA) is 84.2 Å². The van der Waals surface area contributed by atoms with Crippen molar-refractivity contribution in [1.82, 2.24) is 0 Å². The van der Waals surface area contributed by atoms with Crippen molar-refractivity contribution in [2.45, 2.75) is 78.6 Å². The summed E-state index contributed by atoms with van der Waals surface area (Å²) in [5, 5.41) is 24.0. The van der Waals surface area contributed by atoms with Gasteiger partial charge in [-0.05, 0) is 115 Å². The van der Waals surface area contributed by atoms with Crippen LogP contribution in [0.25, 0.3) is 153 Å². The molecule has 0 unspecified atom stereocenters. The fourth-order valence-corrected chi connectivity index (χ4v) is 18.6. The molecule has 8 nitrogen and oxygen atoms in total. The van der Waals surface area contributed by atoms with Gasteiger partial charge in [0.1, 0.15) is 39.1 Å². The molecule has 0 saturated carbocycles. The van der Waals surface area contributed by atoms with E-state index in [1.165, 1.54) is 54.4 Å². The minimum Gasteiger partial charge on any atom is -0.456 e. The highest BCUT2D eigenvalue weighted by Gasteiger charge is 2.31. The number of para-hydroxylation sites is 9. The second-order valence-corrected chi connectivity index (χ2v) is 35.0. The van der Waals surface area contributed by atoms with E-state index in [4.69, 9.17) is 22.1 Å². The van der Waals surface area contributed by atoms with Crippen molar-refractivity contribution in [3.63, 3.8) is 0 Å². The molecule has 0 radical (unpaired) electrons. The van der Waals surface area contributed by atoms with E-state index in [2.05, 4.69) is 413 Å². The van der Waals surface area contributed by atoms with Gasteiger partial charge >= 0.3 is 0 Å². The van der Waals surface area contributed by atoms with Gasteiger partial charge in [0, 0.05) is 119 Å². The van der Waals surface area contributed by atoms with Crippen molar-refractivity contribution in [3.05, 3.63) is 347 Å². The monoisotopic (exact) mass is 1630 g/mol. The predicted octanol–water partition coefficient (Wildman–Crippen LogP) is 33.3. The molecule has 0 bridgehead atoms. The largest absolute Gasteiger partial charge is 0.456 e. The number of hydrogen-bond donors (Lipinski definition) is 1. The summed E-state index contributed by atoms with van der Waals surface area (Å²) in [6.45, 7) is 20.1. The SMILES string of the molecule is Brc1cc2oc3cc(Br)c4ccccc4c3c2c2ccccc12.CC(C)(C)c1cccc2c1oc1c(N(c3ccccc3)c3cc4oc5cc(N(c6ccccc6)c6cccc7c6oc6c(C(C)(C)C)cccc67)c6ccccc6c5c4c4ccccc34)cccc12.CC(C)(C)c1cccc2c1oc1c(Nc3ccccc3)cccc12. The van der Waals surface area contributed by atoms with Crippen molar-refractivity contribution >= 4 is 230 Å². The summed E-state index contributed by atoms with van der Waals surface area (Å²) in [6.07, 6.45) is 0. The zero-order valence-corrected chi connectivity index (χ0v) is 69.0. The van der Waals surface area contributed by atoms with E-state index in [-0.39, 0.29) is 16.2 Å². The second-order valence-electron chi connectivity index (χ2n) is 33.3. The Morgan fingerprint density at radius 3 is 0.879 bits per heavy atom. The number of nitrogens with zero attached hydrogens (tertiary/aromatic N) is 2. The lowest BCUT2D eigenvalue weighted by Gasteiger charge is -2.27. The minimum atomic E-state index is -0.103. The van der Waals surface area contributed by atoms with E-state index in [1.807, 2.05) is 18.2 Å². The molecule has 1 N–H and O–H groups in total. The number of hydrogen-bond acceptors (Lipinski definition) is 8. The molecule has 0 saturated heterocycles. The molecule has 0 aliphatic heterocycles. The quantitative estimate of drug-likeness (QED) is 0.161. The fourth-order valence-electron chi connectivity index (χ4n) is 17.5. The van der Waals surface area contributed by atoms with Gasteiger partial charge in [-0.2, -0.15) is 0 Å². The Morgan fingerprint density at radius 2 is 0.509 bits per heavy atom.